The SMILES string of the molecule is CNC1CCCN(Cc2ccccc2C)CC1. The fourth-order valence-corrected chi connectivity index (χ4v) is 2.63. The third-order valence-electron chi connectivity index (χ3n) is 3.88. The molecule has 2 rings (SSSR count). The van der Waals surface area contributed by atoms with Gasteiger partial charge in [-0.3, -0.25) is 4.90 Å². The van der Waals surface area contributed by atoms with Crippen molar-refractivity contribution >= 4 is 0 Å². The van der Waals surface area contributed by atoms with E-state index in [1.165, 1.54) is 43.5 Å². The molecule has 1 N–H and O–H groups in total. The average Bonchev–Trinajstić information content (AvgIpc) is 2.57. The molecule has 0 spiro atoms. The Morgan fingerprint density at radius 1 is 1.24 bits per heavy atom. The van der Waals surface area contributed by atoms with Crippen LogP contribution in [-0.4, -0.2) is 31.1 Å². The molecule has 2 heteroatoms. The maximum atomic E-state index is 3.41. The highest BCUT2D eigenvalue weighted by atomic mass is 15.1. The second kappa shape index (κ2) is 6.18. The standard InChI is InChI=1S/C15H24N2/c1-13-6-3-4-7-14(13)12-17-10-5-8-15(16-2)9-11-17/h3-4,6-7,15-16H,5,8-12H2,1-2H3. The van der Waals surface area contributed by atoms with Gasteiger partial charge in [-0.15, -0.1) is 0 Å². The molecule has 1 aromatic rings. The van der Waals surface area contributed by atoms with E-state index in [1.807, 2.05) is 0 Å². The number of likely N-dealkylation sites (tertiary alicyclic amines) is 1. The fraction of sp³-hybridized carbons (Fsp3) is 0.600. The summed E-state index contributed by atoms with van der Waals surface area (Å²) in [5, 5.41) is 3.41. The molecule has 94 valence electrons. The first-order chi connectivity index (χ1) is 8.29. The van der Waals surface area contributed by atoms with Crippen molar-refractivity contribution in [1.82, 2.24) is 10.2 Å². The molecule has 1 atom stereocenters. The van der Waals surface area contributed by atoms with E-state index in [2.05, 4.69) is 48.5 Å². The topological polar surface area (TPSA) is 15.3 Å². The van der Waals surface area contributed by atoms with Crippen LogP contribution in [-0.2, 0) is 6.54 Å². The van der Waals surface area contributed by atoms with Gasteiger partial charge >= 0.3 is 0 Å². The van der Waals surface area contributed by atoms with Gasteiger partial charge in [0.05, 0.1) is 0 Å². The van der Waals surface area contributed by atoms with Gasteiger partial charge in [0.15, 0.2) is 0 Å². The molecular weight excluding hydrogens is 208 g/mol. The lowest BCUT2D eigenvalue weighted by molar-refractivity contribution is 0.274. The molecular formula is C15H24N2. The lowest BCUT2D eigenvalue weighted by Crippen LogP contribution is -2.28. The summed E-state index contributed by atoms with van der Waals surface area (Å²) in [5.41, 5.74) is 2.90. The van der Waals surface area contributed by atoms with Crippen molar-refractivity contribution < 1.29 is 0 Å². The van der Waals surface area contributed by atoms with Gasteiger partial charge in [-0.05, 0) is 57.5 Å². The highest BCUT2D eigenvalue weighted by molar-refractivity contribution is 5.25. The zero-order valence-corrected chi connectivity index (χ0v) is 11.1. The molecule has 1 aliphatic rings. The van der Waals surface area contributed by atoms with E-state index < -0.39 is 0 Å². The summed E-state index contributed by atoms with van der Waals surface area (Å²) < 4.78 is 0. The van der Waals surface area contributed by atoms with Crippen LogP contribution >= 0.6 is 0 Å². The lowest BCUT2D eigenvalue weighted by atomic mass is 10.1. The molecule has 2 nitrogen and oxygen atoms in total. The Labute approximate surface area is 105 Å². The molecule has 1 unspecified atom stereocenters. The van der Waals surface area contributed by atoms with E-state index in [0.29, 0.717) is 0 Å². The molecule has 1 aliphatic heterocycles. The monoisotopic (exact) mass is 232 g/mol. The minimum atomic E-state index is 0.719. The first-order valence-corrected chi connectivity index (χ1v) is 6.73. The van der Waals surface area contributed by atoms with Crippen LogP contribution in [0.1, 0.15) is 30.4 Å². The summed E-state index contributed by atoms with van der Waals surface area (Å²) in [4.78, 5) is 2.60. The number of hydrogen-bond donors (Lipinski definition) is 1. The summed E-state index contributed by atoms with van der Waals surface area (Å²) >= 11 is 0. The summed E-state index contributed by atoms with van der Waals surface area (Å²) in [7, 11) is 2.08. The van der Waals surface area contributed by atoms with Crippen molar-refractivity contribution in [1.29, 1.82) is 0 Å². The number of aryl methyl sites for hydroxylation is 1. The van der Waals surface area contributed by atoms with E-state index >= 15 is 0 Å². The number of nitrogens with one attached hydrogen (secondary N) is 1. The van der Waals surface area contributed by atoms with Gasteiger partial charge in [-0.1, -0.05) is 24.3 Å². The second-order valence-electron chi connectivity index (χ2n) is 5.12. The molecule has 0 radical (unpaired) electrons. The van der Waals surface area contributed by atoms with Crippen LogP contribution in [0.25, 0.3) is 0 Å². The molecule has 0 bridgehead atoms. The third-order valence-corrected chi connectivity index (χ3v) is 3.88. The van der Waals surface area contributed by atoms with Crippen LogP contribution in [0, 0.1) is 6.92 Å². The van der Waals surface area contributed by atoms with E-state index in [0.717, 1.165) is 12.6 Å². The van der Waals surface area contributed by atoms with Crippen LogP contribution in [0.2, 0.25) is 0 Å². The highest BCUT2D eigenvalue weighted by Crippen LogP contribution is 2.15. The molecule has 1 heterocycles. The van der Waals surface area contributed by atoms with Crippen molar-refractivity contribution in [3.63, 3.8) is 0 Å². The first-order valence-electron chi connectivity index (χ1n) is 6.73. The maximum absolute atomic E-state index is 3.41. The van der Waals surface area contributed by atoms with E-state index in [-0.39, 0.29) is 0 Å². The Morgan fingerprint density at radius 3 is 2.82 bits per heavy atom. The summed E-state index contributed by atoms with van der Waals surface area (Å²) in [6.07, 6.45) is 3.92. The van der Waals surface area contributed by atoms with Gasteiger partial charge in [0, 0.05) is 12.6 Å². The van der Waals surface area contributed by atoms with Crippen LogP contribution in [0.15, 0.2) is 24.3 Å². The van der Waals surface area contributed by atoms with Gasteiger partial charge < -0.3 is 5.32 Å². The zero-order valence-electron chi connectivity index (χ0n) is 11.1. The van der Waals surface area contributed by atoms with Crippen molar-refractivity contribution in [2.24, 2.45) is 0 Å². The predicted molar refractivity (Wildman–Crippen MR) is 73.2 cm³/mol. The first kappa shape index (κ1) is 12.6. The van der Waals surface area contributed by atoms with Crippen molar-refractivity contribution in [2.75, 3.05) is 20.1 Å². The van der Waals surface area contributed by atoms with Crippen molar-refractivity contribution in [3.05, 3.63) is 35.4 Å². The molecule has 0 amide bonds. The number of benzene rings is 1. The smallest absolute Gasteiger partial charge is 0.0236 e. The highest BCUT2D eigenvalue weighted by Gasteiger charge is 2.15. The minimum absolute atomic E-state index is 0.719. The zero-order chi connectivity index (χ0) is 12.1. The predicted octanol–water partition coefficient (Wildman–Crippen LogP) is 2.57. The third kappa shape index (κ3) is 3.55. The Kier molecular flexibility index (Phi) is 4.57. The average molecular weight is 232 g/mol. The Morgan fingerprint density at radius 2 is 2.06 bits per heavy atom. The van der Waals surface area contributed by atoms with E-state index in [1.54, 1.807) is 0 Å². The molecule has 1 saturated heterocycles. The molecule has 0 aliphatic carbocycles. The quantitative estimate of drug-likeness (QED) is 0.861. The number of rotatable bonds is 3. The number of nitrogens with zero attached hydrogens (tertiary/aromatic N) is 1. The van der Waals surface area contributed by atoms with Gasteiger partial charge in [0.1, 0.15) is 0 Å². The van der Waals surface area contributed by atoms with Gasteiger partial charge in [0.25, 0.3) is 0 Å². The maximum Gasteiger partial charge on any atom is 0.0236 e. The Hall–Kier alpha value is -0.860. The largest absolute Gasteiger partial charge is 0.317 e. The molecule has 0 aromatic heterocycles. The summed E-state index contributed by atoms with van der Waals surface area (Å²) in [5.74, 6) is 0. The molecule has 1 fully saturated rings. The van der Waals surface area contributed by atoms with Crippen LogP contribution in [0.4, 0.5) is 0 Å². The Bertz CT molecular complexity index is 349. The lowest BCUT2D eigenvalue weighted by Gasteiger charge is -2.21. The van der Waals surface area contributed by atoms with E-state index in [9.17, 15) is 0 Å². The van der Waals surface area contributed by atoms with Gasteiger partial charge in [-0.2, -0.15) is 0 Å². The molecule has 1 aromatic carbocycles. The summed E-state index contributed by atoms with van der Waals surface area (Å²) in [6, 6.07) is 9.46. The second-order valence-corrected chi connectivity index (χ2v) is 5.12. The van der Waals surface area contributed by atoms with Crippen LogP contribution in [0.5, 0.6) is 0 Å². The summed E-state index contributed by atoms with van der Waals surface area (Å²) in [6.45, 7) is 5.79. The fourth-order valence-electron chi connectivity index (χ4n) is 2.63. The number of hydrogen-bond acceptors (Lipinski definition) is 2. The van der Waals surface area contributed by atoms with E-state index in [4.69, 9.17) is 0 Å². The Balaban J connectivity index is 1.93. The van der Waals surface area contributed by atoms with Crippen molar-refractivity contribution in [2.45, 2.75) is 38.8 Å². The van der Waals surface area contributed by atoms with Gasteiger partial charge in [-0.25, -0.2) is 0 Å². The molecule has 0 saturated carbocycles. The van der Waals surface area contributed by atoms with Crippen LogP contribution < -0.4 is 5.32 Å². The minimum Gasteiger partial charge on any atom is -0.317 e. The normalized spacial score (nSPS) is 22.4. The van der Waals surface area contributed by atoms with Gasteiger partial charge in [0.2, 0.25) is 0 Å². The van der Waals surface area contributed by atoms with Crippen LogP contribution in [0.3, 0.4) is 0 Å². The van der Waals surface area contributed by atoms with Crippen molar-refractivity contribution in [3.8, 4) is 0 Å². The molecule has 17 heavy (non-hydrogen) atoms.